The minimum atomic E-state index is -0.0157. The van der Waals surface area contributed by atoms with Gasteiger partial charge in [0.05, 0.1) is 5.57 Å². The first-order valence-corrected chi connectivity index (χ1v) is 9.16. The molecule has 0 bridgehead atoms. The number of fused-ring (bicyclic) bond motifs is 1. The van der Waals surface area contributed by atoms with E-state index in [0.717, 1.165) is 17.7 Å². The van der Waals surface area contributed by atoms with Gasteiger partial charge in [-0.2, -0.15) is 0 Å². The summed E-state index contributed by atoms with van der Waals surface area (Å²) in [6, 6.07) is 5.39. The minimum Gasteiger partial charge on any atom is -0.488 e. The number of rotatable bonds is 4. The van der Waals surface area contributed by atoms with Crippen LogP contribution in [-0.4, -0.2) is 43.0 Å². The lowest BCUT2D eigenvalue weighted by atomic mass is 9.95. The molecular formula is C19H23ClN2O3. The zero-order valence-electron chi connectivity index (χ0n) is 14.4. The van der Waals surface area contributed by atoms with Crippen molar-refractivity contribution in [2.24, 2.45) is 5.92 Å². The van der Waals surface area contributed by atoms with Gasteiger partial charge in [0.25, 0.3) is 5.91 Å². The lowest BCUT2D eigenvalue weighted by Gasteiger charge is -2.32. The second-order valence-corrected chi connectivity index (χ2v) is 6.93. The number of carbonyl (C=O) groups excluding carboxylic acids is 2. The van der Waals surface area contributed by atoms with Crippen LogP contribution in [0.5, 0.6) is 5.75 Å². The minimum absolute atomic E-state index is 0.00622. The highest BCUT2D eigenvalue weighted by Gasteiger charge is 2.29. The van der Waals surface area contributed by atoms with Crippen molar-refractivity contribution in [1.29, 1.82) is 0 Å². The van der Waals surface area contributed by atoms with Gasteiger partial charge in [-0.15, -0.1) is 0 Å². The second-order valence-electron chi connectivity index (χ2n) is 6.50. The molecular weight excluding hydrogens is 340 g/mol. The van der Waals surface area contributed by atoms with Crippen LogP contribution in [0.4, 0.5) is 0 Å². The van der Waals surface area contributed by atoms with Crippen LogP contribution in [0.15, 0.2) is 23.8 Å². The highest BCUT2D eigenvalue weighted by molar-refractivity contribution is 6.30. The van der Waals surface area contributed by atoms with Crippen molar-refractivity contribution >= 4 is 29.5 Å². The average Bonchev–Trinajstić information content (AvgIpc) is 2.65. The smallest absolute Gasteiger partial charge is 0.253 e. The fraction of sp³-hybridized carbons (Fsp3) is 0.474. The topological polar surface area (TPSA) is 58.6 Å². The molecule has 3 rings (SSSR count). The summed E-state index contributed by atoms with van der Waals surface area (Å²) in [6.45, 7) is 4.22. The Morgan fingerprint density at radius 3 is 2.80 bits per heavy atom. The Morgan fingerprint density at radius 2 is 2.08 bits per heavy atom. The number of piperidine rings is 1. The summed E-state index contributed by atoms with van der Waals surface area (Å²) in [6.07, 6.45) is 4.20. The van der Waals surface area contributed by atoms with Crippen molar-refractivity contribution in [3.63, 3.8) is 0 Å². The van der Waals surface area contributed by atoms with Gasteiger partial charge in [-0.3, -0.25) is 9.59 Å². The molecule has 1 aromatic rings. The molecule has 1 fully saturated rings. The van der Waals surface area contributed by atoms with Gasteiger partial charge in [0.15, 0.2) is 0 Å². The monoisotopic (exact) mass is 362 g/mol. The summed E-state index contributed by atoms with van der Waals surface area (Å²) in [7, 11) is 0. The summed E-state index contributed by atoms with van der Waals surface area (Å²) >= 11 is 6.02. The Bertz CT molecular complexity index is 694. The van der Waals surface area contributed by atoms with Gasteiger partial charge < -0.3 is 15.0 Å². The van der Waals surface area contributed by atoms with Crippen molar-refractivity contribution in [3.05, 3.63) is 34.4 Å². The number of ether oxygens (including phenoxy) is 1. The predicted octanol–water partition coefficient (Wildman–Crippen LogP) is 2.88. The number of nitrogens with one attached hydrogen (secondary N) is 1. The zero-order valence-corrected chi connectivity index (χ0v) is 15.1. The normalized spacial score (nSPS) is 17.4. The van der Waals surface area contributed by atoms with Crippen molar-refractivity contribution in [1.82, 2.24) is 10.2 Å². The quantitative estimate of drug-likeness (QED) is 0.896. The van der Waals surface area contributed by atoms with Crippen LogP contribution < -0.4 is 10.1 Å². The van der Waals surface area contributed by atoms with Crippen molar-refractivity contribution < 1.29 is 14.3 Å². The largest absolute Gasteiger partial charge is 0.488 e. The number of nitrogens with zero attached hydrogens (tertiary/aromatic N) is 1. The van der Waals surface area contributed by atoms with Crippen LogP contribution in [0.1, 0.15) is 31.7 Å². The molecule has 1 N–H and O–H groups in total. The van der Waals surface area contributed by atoms with Gasteiger partial charge in [-0.05, 0) is 43.5 Å². The molecule has 1 aromatic carbocycles. The Hall–Kier alpha value is -2.01. The lowest BCUT2D eigenvalue weighted by molar-refractivity contribution is -0.133. The van der Waals surface area contributed by atoms with Crippen LogP contribution >= 0.6 is 11.6 Å². The van der Waals surface area contributed by atoms with Crippen LogP contribution in [0.2, 0.25) is 5.02 Å². The molecule has 0 aliphatic carbocycles. The molecule has 0 unspecified atom stereocenters. The molecule has 0 aromatic heterocycles. The van der Waals surface area contributed by atoms with Gasteiger partial charge >= 0.3 is 0 Å². The standard InChI is InChI=1S/C19H23ClN2O3/c1-2-7-21-18(23)13-5-8-22(9-6-13)19(24)15-10-14-11-16(20)3-4-17(14)25-12-15/h3-4,10-11,13H,2,5-9,12H2,1H3,(H,21,23). The molecule has 0 saturated carbocycles. The van der Waals surface area contributed by atoms with Gasteiger partial charge in [0.2, 0.25) is 5.91 Å². The molecule has 2 aliphatic rings. The fourth-order valence-corrected chi connectivity index (χ4v) is 3.39. The van der Waals surface area contributed by atoms with Crippen molar-refractivity contribution in [2.75, 3.05) is 26.2 Å². The summed E-state index contributed by atoms with van der Waals surface area (Å²) < 4.78 is 5.67. The number of likely N-dealkylation sites (tertiary alicyclic amines) is 1. The maximum Gasteiger partial charge on any atom is 0.253 e. The molecule has 134 valence electrons. The number of amides is 2. The molecule has 5 nitrogen and oxygen atoms in total. The third-order valence-corrected chi connectivity index (χ3v) is 4.90. The van der Waals surface area contributed by atoms with Crippen LogP contribution in [0.25, 0.3) is 6.08 Å². The molecule has 0 radical (unpaired) electrons. The summed E-state index contributed by atoms with van der Waals surface area (Å²) in [5.74, 6) is 0.842. The molecule has 2 amide bonds. The zero-order chi connectivity index (χ0) is 17.8. The second kappa shape index (κ2) is 7.91. The van der Waals surface area contributed by atoms with E-state index in [1.807, 2.05) is 24.0 Å². The van der Waals surface area contributed by atoms with E-state index in [1.54, 1.807) is 12.1 Å². The summed E-state index contributed by atoms with van der Waals surface area (Å²) in [4.78, 5) is 26.6. The van der Waals surface area contributed by atoms with Gasteiger partial charge in [0.1, 0.15) is 12.4 Å². The molecule has 2 aliphatic heterocycles. The highest BCUT2D eigenvalue weighted by Crippen LogP contribution is 2.30. The van der Waals surface area contributed by atoms with Crippen molar-refractivity contribution in [2.45, 2.75) is 26.2 Å². The highest BCUT2D eigenvalue weighted by atomic mass is 35.5. The SMILES string of the molecule is CCCNC(=O)C1CCN(C(=O)C2=Cc3cc(Cl)ccc3OC2)CC1. The number of benzene rings is 1. The van der Waals surface area contributed by atoms with Gasteiger partial charge in [0, 0.05) is 36.1 Å². The first-order valence-electron chi connectivity index (χ1n) is 8.78. The number of hydrogen-bond acceptors (Lipinski definition) is 3. The van der Waals surface area contributed by atoms with E-state index in [1.165, 1.54) is 0 Å². The molecule has 0 atom stereocenters. The van der Waals surface area contributed by atoms with E-state index in [2.05, 4.69) is 5.32 Å². The maximum atomic E-state index is 12.7. The molecule has 2 heterocycles. The summed E-state index contributed by atoms with van der Waals surface area (Å²) in [5.41, 5.74) is 1.46. The third kappa shape index (κ3) is 4.15. The number of carbonyl (C=O) groups is 2. The molecule has 25 heavy (non-hydrogen) atoms. The van der Waals surface area contributed by atoms with E-state index in [4.69, 9.17) is 16.3 Å². The Balaban J connectivity index is 1.61. The third-order valence-electron chi connectivity index (χ3n) is 4.66. The molecule has 0 spiro atoms. The van der Waals surface area contributed by atoms with Gasteiger partial charge in [-0.1, -0.05) is 18.5 Å². The first kappa shape index (κ1) is 17.8. The maximum absolute atomic E-state index is 12.7. The van der Waals surface area contributed by atoms with Crippen LogP contribution in [-0.2, 0) is 9.59 Å². The van der Waals surface area contributed by atoms with E-state index in [9.17, 15) is 9.59 Å². The number of hydrogen-bond donors (Lipinski definition) is 1. The Labute approximate surface area is 153 Å². The fourth-order valence-electron chi connectivity index (χ4n) is 3.21. The van der Waals surface area contributed by atoms with E-state index >= 15 is 0 Å². The Kier molecular flexibility index (Phi) is 5.63. The predicted molar refractivity (Wildman–Crippen MR) is 97.5 cm³/mol. The first-order chi connectivity index (χ1) is 12.1. The van der Waals surface area contributed by atoms with E-state index < -0.39 is 0 Å². The van der Waals surface area contributed by atoms with Gasteiger partial charge in [-0.25, -0.2) is 0 Å². The lowest BCUT2D eigenvalue weighted by Crippen LogP contribution is -2.44. The van der Waals surface area contributed by atoms with Crippen molar-refractivity contribution in [3.8, 4) is 5.75 Å². The van der Waals surface area contributed by atoms with E-state index in [0.29, 0.717) is 43.1 Å². The van der Waals surface area contributed by atoms with E-state index in [-0.39, 0.29) is 24.3 Å². The number of halogens is 1. The molecule has 6 heteroatoms. The average molecular weight is 363 g/mol. The molecule has 1 saturated heterocycles. The van der Waals surface area contributed by atoms with Crippen LogP contribution in [0.3, 0.4) is 0 Å². The Morgan fingerprint density at radius 1 is 1.32 bits per heavy atom. The summed E-state index contributed by atoms with van der Waals surface area (Å²) in [5, 5.41) is 3.56. The van der Waals surface area contributed by atoms with Crippen LogP contribution in [0, 0.1) is 5.92 Å².